The lowest BCUT2D eigenvalue weighted by Crippen LogP contribution is -2.41. The van der Waals surface area contributed by atoms with Crippen molar-refractivity contribution in [3.8, 4) is 0 Å². The third kappa shape index (κ3) is 5.45. The molecule has 0 bridgehead atoms. The standard InChI is InChI=1S/C14H17F3N2O2/c1-13(2,3)9-4-6-10(7-5-9)19-11(20)8-18-12(21)14(15,16)17/h4-7H,8H2,1-3H3,(H,18,21)(H,19,20). The Balaban J connectivity index is 2.54. The number of halogens is 3. The zero-order valence-corrected chi connectivity index (χ0v) is 12.0. The number of hydrogen-bond acceptors (Lipinski definition) is 2. The Bertz CT molecular complexity index is 517. The van der Waals surface area contributed by atoms with Crippen LogP contribution in [-0.2, 0) is 15.0 Å². The van der Waals surface area contributed by atoms with Crippen LogP contribution < -0.4 is 10.6 Å². The molecule has 21 heavy (non-hydrogen) atoms. The number of nitrogens with one attached hydrogen (secondary N) is 2. The molecule has 2 amide bonds. The highest BCUT2D eigenvalue weighted by molar-refractivity contribution is 5.95. The topological polar surface area (TPSA) is 58.2 Å². The van der Waals surface area contributed by atoms with Gasteiger partial charge in [-0.2, -0.15) is 13.2 Å². The molecule has 0 fully saturated rings. The number of amides is 2. The van der Waals surface area contributed by atoms with Gasteiger partial charge in [-0.15, -0.1) is 0 Å². The molecule has 2 N–H and O–H groups in total. The molecule has 1 rings (SSSR count). The molecule has 0 spiro atoms. The van der Waals surface area contributed by atoms with Gasteiger partial charge in [0.2, 0.25) is 5.91 Å². The average molecular weight is 302 g/mol. The van der Waals surface area contributed by atoms with Crippen molar-refractivity contribution in [2.24, 2.45) is 0 Å². The molecule has 0 unspecified atom stereocenters. The summed E-state index contributed by atoms with van der Waals surface area (Å²) in [5.74, 6) is -2.86. The molecule has 0 aliphatic rings. The highest BCUT2D eigenvalue weighted by atomic mass is 19.4. The monoisotopic (exact) mass is 302 g/mol. The van der Waals surface area contributed by atoms with Gasteiger partial charge in [-0.1, -0.05) is 32.9 Å². The van der Waals surface area contributed by atoms with Crippen LogP contribution in [0.5, 0.6) is 0 Å². The second-order valence-corrected chi connectivity index (χ2v) is 5.56. The molecule has 1 aromatic carbocycles. The van der Waals surface area contributed by atoms with Crippen LogP contribution in [0.25, 0.3) is 0 Å². The molecule has 0 aliphatic heterocycles. The average Bonchev–Trinajstić information content (AvgIpc) is 2.34. The molecule has 0 saturated carbocycles. The van der Waals surface area contributed by atoms with Crippen LogP contribution in [0.15, 0.2) is 24.3 Å². The van der Waals surface area contributed by atoms with Gasteiger partial charge in [-0.05, 0) is 23.1 Å². The van der Waals surface area contributed by atoms with E-state index in [1.165, 1.54) is 5.32 Å². The summed E-state index contributed by atoms with van der Waals surface area (Å²) in [4.78, 5) is 22.0. The van der Waals surface area contributed by atoms with Crippen molar-refractivity contribution >= 4 is 17.5 Å². The van der Waals surface area contributed by atoms with Crippen molar-refractivity contribution in [3.63, 3.8) is 0 Å². The fourth-order valence-corrected chi connectivity index (χ4v) is 1.52. The van der Waals surface area contributed by atoms with Crippen molar-refractivity contribution in [1.29, 1.82) is 0 Å². The molecule has 0 radical (unpaired) electrons. The van der Waals surface area contributed by atoms with E-state index in [1.807, 2.05) is 32.9 Å². The van der Waals surface area contributed by atoms with Crippen LogP contribution in [0.3, 0.4) is 0 Å². The quantitative estimate of drug-likeness (QED) is 0.901. The van der Waals surface area contributed by atoms with E-state index in [0.29, 0.717) is 5.69 Å². The highest BCUT2D eigenvalue weighted by Gasteiger charge is 2.38. The van der Waals surface area contributed by atoms with Crippen molar-refractivity contribution in [2.75, 3.05) is 11.9 Å². The van der Waals surface area contributed by atoms with E-state index in [1.54, 1.807) is 12.1 Å². The first kappa shape index (κ1) is 17.0. The summed E-state index contributed by atoms with van der Waals surface area (Å²) in [6, 6.07) is 6.96. The van der Waals surface area contributed by atoms with Crippen molar-refractivity contribution in [3.05, 3.63) is 29.8 Å². The molecule has 0 aliphatic carbocycles. The molecule has 116 valence electrons. The minimum Gasteiger partial charge on any atom is -0.339 e. The fraction of sp³-hybridized carbons (Fsp3) is 0.429. The number of carbonyl (C=O) groups is 2. The highest BCUT2D eigenvalue weighted by Crippen LogP contribution is 2.23. The van der Waals surface area contributed by atoms with E-state index < -0.39 is 24.5 Å². The van der Waals surface area contributed by atoms with E-state index in [2.05, 4.69) is 5.32 Å². The third-order valence-electron chi connectivity index (χ3n) is 2.70. The van der Waals surface area contributed by atoms with Crippen LogP contribution in [0.4, 0.5) is 18.9 Å². The molecular weight excluding hydrogens is 285 g/mol. The summed E-state index contributed by atoms with van der Waals surface area (Å²) < 4.78 is 35.8. The summed E-state index contributed by atoms with van der Waals surface area (Å²) in [6.45, 7) is 5.37. The predicted molar refractivity (Wildman–Crippen MR) is 72.8 cm³/mol. The van der Waals surface area contributed by atoms with Crippen molar-refractivity contribution in [1.82, 2.24) is 5.32 Å². The summed E-state index contributed by atoms with van der Waals surface area (Å²) in [5.41, 5.74) is 1.48. The molecule has 1 aromatic rings. The zero-order chi connectivity index (χ0) is 16.3. The minimum absolute atomic E-state index is 0.0385. The molecular formula is C14H17F3N2O2. The van der Waals surface area contributed by atoms with Crippen molar-refractivity contribution in [2.45, 2.75) is 32.4 Å². The van der Waals surface area contributed by atoms with Gasteiger partial charge in [0, 0.05) is 5.69 Å². The first-order valence-corrected chi connectivity index (χ1v) is 6.25. The number of rotatable bonds is 3. The van der Waals surface area contributed by atoms with Gasteiger partial charge in [-0.3, -0.25) is 9.59 Å². The van der Waals surface area contributed by atoms with E-state index in [4.69, 9.17) is 0 Å². The van der Waals surface area contributed by atoms with Crippen LogP contribution >= 0.6 is 0 Å². The zero-order valence-electron chi connectivity index (χ0n) is 12.0. The number of alkyl halides is 3. The Morgan fingerprint density at radius 1 is 1.05 bits per heavy atom. The van der Waals surface area contributed by atoms with Crippen LogP contribution in [0.1, 0.15) is 26.3 Å². The molecule has 7 heteroatoms. The van der Waals surface area contributed by atoms with Crippen LogP contribution in [0, 0.1) is 0 Å². The first-order valence-electron chi connectivity index (χ1n) is 6.25. The Hall–Kier alpha value is -2.05. The summed E-state index contributed by atoms with van der Waals surface area (Å²) in [7, 11) is 0. The number of anilines is 1. The second kappa shape index (κ2) is 6.15. The Morgan fingerprint density at radius 3 is 2.00 bits per heavy atom. The summed E-state index contributed by atoms with van der Waals surface area (Å²) in [5, 5.41) is 3.91. The van der Waals surface area contributed by atoms with Gasteiger partial charge < -0.3 is 10.6 Å². The van der Waals surface area contributed by atoms with Gasteiger partial charge in [0.05, 0.1) is 6.54 Å². The number of carbonyl (C=O) groups excluding carboxylic acids is 2. The normalized spacial score (nSPS) is 11.9. The molecule has 0 atom stereocenters. The van der Waals surface area contributed by atoms with Crippen LogP contribution in [-0.4, -0.2) is 24.5 Å². The van der Waals surface area contributed by atoms with Gasteiger partial charge in [0.25, 0.3) is 0 Å². The predicted octanol–water partition coefficient (Wildman–Crippen LogP) is 2.60. The fourth-order valence-electron chi connectivity index (χ4n) is 1.52. The lowest BCUT2D eigenvalue weighted by molar-refractivity contribution is -0.173. The van der Waals surface area contributed by atoms with Gasteiger partial charge in [0.1, 0.15) is 0 Å². The van der Waals surface area contributed by atoms with Crippen molar-refractivity contribution < 1.29 is 22.8 Å². The smallest absolute Gasteiger partial charge is 0.339 e. The molecule has 4 nitrogen and oxygen atoms in total. The number of benzene rings is 1. The van der Waals surface area contributed by atoms with Gasteiger partial charge in [-0.25, -0.2) is 0 Å². The van der Waals surface area contributed by atoms with Gasteiger partial charge >= 0.3 is 12.1 Å². The lowest BCUT2D eigenvalue weighted by Gasteiger charge is -2.19. The Labute approximate surface area is 120 Å². The maximum absolute atomic E-state index is 11.9. The largest absolute Gasteiger partial charge is 0.471 e. The van der Waals surface area contributed by atoms with E-state index in [0.717, 1.165) is 5.56 Å². The van der Waals surface area contributed by atoms with E-state index in [9.17, 15) is 22.8 Å². The summed E-state index contributed by atoms with van der Waals surface area (Å²) in [6.07, 6.45) is -4.99. The third-order valence-corrected chi connectivity index (χ3v) is 2.70. The van der Waals surface area contributed by atoms with Crippen LogP contribution in [0.2, 0.25) is 0 Å². The maximum Gasteiger partial charge on any atom is 0.471 e. The lowest BCUT2D eigenvalue weighted by atomic mass is 9.87. The maximum atomic E-state index is 11.9. The number of hydrogen-bond donors (Lipinski definition) is 2. The van der Waals surface area contributed by atoms with E-state index in [-0.39, 0.29) is 5.41 Å². The Kier molecular flexibility index (Phi) is 4.98. The second-order valence-electron chi connectivity index (χ2n) is 5.56. The Morgan fingerprint density at radius 2 is 1.57 bits per heavy atom. The first-order chi connectivity index (χ1) is 9.50. The molecule has 0 heterocycles. The van der Waals surface area contributed by atoms with E-state index >= 15 is 0 Å². The minimum atomic E-state index is -4.99. The SMILES string of the molecule is CC(C)(C)c1ccc(NC(=O)CNC(=O)C(F)(F)F)cc1. The summed E-state index contributed by atoms with van der Waals surface area (Å²) >= 11 is 0. The van der Waals surface area contributed by atoms with Gasteiger partial charge in [0.15, 0.2) is 0 Å². The molecule has 0 aromatic heterocycles. The molecule has 0 saturated heterocycles.